The minimum Gasteiger partial charge on any atom is -0.490 e. The second-order valence-corrected chi connectivity index (χ2v) is 8.97. The number of hydrogen-bond acceptors (Lipinski definition) is 9. The van der Waals surface area contributed by atoms with Crippen molar-refractivity contribution < 1.29 is 19.4 Å². The molecule has 3 rings (SSSR count). The Bertz CT molecular complexity index is 1230. The summed E-state index contributed by atoms with van der Waals surface area (Å²) in [6.07, 6.45) is -0.742. The molecule has 0 saturated carbocycles. The third-order valence-electron chi connectivity index (χ3n) is 5.26. The van der Waals surface area contributed by atoms with Crippen LogP contribution in [0.15, 0.2) is 42.5 Å². The summed E-state index contributed by atoms with van der Waals surface area (Å²) in [5, 5.41) is 20.4. The highest BCUT2D eigenvalue weighted by molar-refractivity contribution is 6.31. The highest BCUT2D eigenvalue weighted by atomic mass is 35.5. The Hall–Kier alpha value is -3.67. The predicted octanol–water partition coefficient (Wildman–Crippen LogP) is 1.10. The number of nitrogens with two attached hydrogens (primary N) is 2. The first-order valence-electron chi connectivity index (χ1n) is 11.3. The molecule has 1 aromatic heterocycles. The molecule has 0 saturated heterocycles. The van der Waals surface area contributed by atoms with Gasteiger partial charge in [-0.3, -0.25) is 9.59 Å². The molecule has 0 spiro atoms. The topological polar surface area (TPSA) is 178 Å². The fourth-order valence-electron chi connectivity index (χ4n) is 3.33. The van der Waals surface area contributed by atoms with Crippen LogP contribution in [0.4, 0.5) is 11.6 Å². The molecule has 1 atom stereocenters. The first-order valence-corrected chi connectivity index (χ1v) is 11.6. The monoisotopic (exact) mass is 515 g/mol. The van der Waals surface area contributed by atoms with Crippen molar-refractivity contribution in [2.45, 2.75) is 25.5 Å². The molecule has 1 heterocycles. The molecule has 36 heavy (non-hydrogen) atoms. The Morgan fingerprint density at radius 2 is 1.81 bits per heavy atom. The number of carbonyl (C=O) groups excluding carboxylic acids is 2. The minimum absolute atomic E-state index is 0.0968. The van der Waals surface area contributed by atoms with Gasteiger partial charge in [-0.1, -0.05) is 48.0 Å². The average Bonchev–Trinajstić information content (AvgIpc) is 2.84. The second-order valence-electron chi connectivity index (χ2n) is 8.61. The zero-order valence-electron chi connectivity index (χ0n) is 20.0. The van der Waals surface area contributed by atoms with E-state index in [1.807, 2.05) is 42.5 Å². The van der Waals surface area contributed by atoms with E-state index in [9.17, 15) is 14.7 Å². The number of hydrogen-bond donors (Lipinski definition) is 6. The van der Waals surface area contributed by atoms with Gasteiger partial charge in [0.05, 0.1) is 0 Å². The van der Waals surface area contributed by atoms with Gasteiger partial charge in [-0.25, -0.2) is 9.97 Å². The van der Waals surface area contributed by atoms with Gasteiger partial charge in [0, 0.05) is 25.0 Å². The molecule has 3 aromatic rings. The van der Waals surface area contributed by atoms with Crippen LogP contribution in [0.2, 0.25) is 5.15 Å². The third-order valence-corrected chi connectivity index (χ3v) is 5.54. The largest absolute Gasteiger partial charge is 0.490 e. The average molecular weight is 516 g/mol. The number of fused-ring (bicyclic) bond motifs is 1. The van der Waals surface area contributed by atoms with Crippen molar-refractivity contribution in [3.63, 3.8) is 0 Å². The van der Waals surface area contributed by atoms with E-state index in [0.29, 0.717) is 12.3 Å². The summed E-state index contributed by atoms with van der Waals surface area (Å²) in [6, 6.07) is 13.6. The van der Waals surface area contributed by atoms with E-state index < -0.39 is 23.5 Å². The van der Waals surface area contributed by atoms with Crippen molar-refractivity contribution in [2.75, 3.05) is 37.7 Å². The van der Waals surface area contributed by atoms with Gasteiger partial charge >= 0.3 is 0 Å². The number of nitrogens with zero attached hydrogens (tertiary/aromatic N) is 2. The molecule has 8 N–H and O–H groups in total. The molecule has 11 nitrogen and oxygen atoms in total. The Morgan fingerprint density at radius 1 is 1.08 bits per heavy atom. The second kappa shape index (κ2) is 11.8. The lowest BCUT2D eigenvalue weighted by Gasteiger charge is -2.25. The molecule has 12 heteroatoms. The number of anilines is 2. The van der Waals surface area contributed by atoms with E-state index in [0.717, 1.165) is 10.8 Å². The number of ether oxygens (including phenoxy) is 1. The van der Waals surface area contributed by atoms with Gasteiger partial charge < -0.3 is 37.3 Å². The van der Waals surface area contributed by atoms with Gasteiger partial charge in [0.1, 0.15) is 24.0 Å². The van der Waals surface area contributed by atoms with Crippen molar-refractivity contribution >= 4 is 45.8 Å². The van der Waals surface area contributed by atoms with Crippen molar-refractivity contribution in [2.24, 2.45) is 0 Å². The van der Waals surface area contributed by atoms with Crippen LogP contribution in [0, 0.1) is 0 Å². The van der Waals surface area contributed by atoms with Crippen LogP contribution in [-0.4, -0.2) is 64.8 Å². The molecule has 2 aromatic carbocycles. The van der Waals surface area contributed by atoms with Crippen molar-refractivity contribution in [3.8, 4) is 5.75 Å². The molecule has 192 valence electrons. The molecular formula is C24H30ClN7O4. The first kappa shape index (κ1) is 26.9. The normalized spacial score (nSPS) is 12.2. The zero-order valence-corrected chi connectivity index (χ0v) is 20.8. The third kappa shape index (κ3) is 6.94. The molecular weight excluding hydrogens is 486 g/mol. The Morgan fingerprint density at radius 3 is 2.58 bits per heavy atom. The highest BCUT2D eigenvalue weighted by Gasteiger charge is 2.31. The number of nitrogens with one attached hydrogen (secondary N) is 3. The number of aromatic nitrogens is 2. The quantitative estimate of drug-likeness (QED) is 0.204. The molecule has 0 fully saturated rings. The smallest absolute Gasteiger partial charge is 0.274 e. The van der Waals surface area contributed by atoms with Crippen molar-refractivity contribution in [1.29, 1.82) is 0 Å². The van der Waals surface area contributed by atoms with Crippen LogP contribution >= 0.6 is 11.6 Å². The lowest BCUT2D eigenvalue weighted by atomic mass is 10.0. The van der Waals surface area contributed by atoms with E-state index in [1.165, 1.54) is 13.8 Å². The Kier molecular flexibility index (Phi) is 8.86. The fourth-order valence-corrected chi connectivity index (χ4v) is 3.46. The Labute approximate surface area is 213 Å². The van der Waals surface area contributed by atoms with Crippen LogP contribution < -0.4 is 32.2 Å². The fraction of sp³-hybridized carbons (Fsp3) is 0.333. The number of rotatable bonds is 11. The standard InChI is InChI=1S/C24H30ClN7O4/c1-24(2,32-22(34)18-20(26)31-21(27)19(25)30-18)23(35)29-11-10-28-12-15(33)13-36-17-9-5-7-14-6-3-4-8-16(14)17/h3-9,15,28,33H,10-13H2,1-2H3,(H,29,35)(H,32,34)(H4,26,27,31). The summed E-state index contributed by atoms with van der Waals surface area (Å²) < 4.78 is 5.78. The summed E-state index contributed by atoms with van der Waals surface area (Å²) in [4.78, 5) is 32.7. The number of aliphatic hydroxyl groups is 1. The highest BCUT2D eigenvalue weighted by Crippen LogP contribution is 2.25. The molecule has 0 aliphatic rings. The summed E-state index contributed by atoms with van der Waals surface area (Å²) in [6.45, 7) is 4.12. The van der Waals surface area contributed by atoms with E-state index in [2.05, 4.69) is 25.9 Å². The molecule has 0 bridgehead atoms. The van der Waals surface area contributed by atoms with Gasteiger partial charge in [-0.15, -0.1) is 0 Å². The van der Waals surface area contributed by atoms with E-state index in [-0.39, 0.29) is 42.2 Å². The Balaban J connectivity index is 1.39. The molecule has 0 aliphatic carbocycles. The van der Waals surface area contributed by atoms with Crippen molar-refractivity contribution in [1.82, 2.24) is 25.9 Å². The summed E-state index contributed by atoms with van der Waals surface area (Å²) in [5.74, 6) is -0.726. The molecule has 2 amide bonds. The number of carbonyl (C=O) groups is 2. The van der Waals surface area contributed by atoms with E-state index in [4.69, 9.17) is 27.8 Å². The van der Waals surface area contributed by atoms with Gasteiger partial charge in [-0.2, -0.15) is 0 Å². The molecule has 0 aliphatic heterocycles. The van der Waals surface area contributed by atoms with Gasteiger partial charge in [0.15, 0.2) is 22.5 Å². The maximum Gasteiger partial charge on any atom is 0.274 e. The van der Waals surface area contributed by atoms with Gasteiger partial charge in [0.2, 0.25) is 5.91 Å². The summed E-state index contributed by atoms with van der Waals surface area (Å²) in [5.41, 5.74) is 9.71. The van der Waals surface area contributed by atoms with Crippen LogP contribution in [-0.2, 0) is 4.79 Å². The number of aliphatic hydroxyl groups excluding tert-OH is 1. The SMILES string of the molecule is CC(C)(NC(=O)c1nc(Cl)c(N)nc1N)C(=O)NCCNCC(O)COc1cccc2ccccc12. The maximum absolute atomic E-state index is 12.6. The number of halogens is 1. The minimum atomic E-state index is -1.27. The first-order chi connectivity index (χ1) is 17.1. The summed E-state index contributed by atoms with van der Waals surface area (Å²) in [7, 11) is 0. The molecule has 1 unspecified atom stereocenters. The predicted molar refractivity (Wildman–Crippen MR) is 139 cm³/mol. The van der Waals surface area contributed by atoms with Crippen LogP contribution in [0.25, 0.3) is 10.8 Å². The lowest BCUT2D eigenvalue weighted by Crippen LogP contribution is -2.55. The van der Waals surface area contributed by atoms with E-state index >= 15 is 0 Å². The van der Waals surface area contributed by atoms with Crippen LogP contribution in [0.5, 0.6) is 5.75 Å². The van der Waals surface area contributed by atoms with Gasteiger partial charge in [0.25, 0.3) is 5.91 Å². The van der Waals surface area contributed by atoms with Crippen molar-refractivity contribution in [3.05, 3.63) is 53.3 Å². The van der Waals surface area contributed by atoms with Crippen LogP contribution in [0.3, 0.4) is 0 Å². The lowest BCUT2D eigenvalue weighted by molar-refractivity contribution is -0.126. The molecule has 0 radical (unpaired) electrons. The van der Waals surface area contributed by atoms with E-state index in [1.54, 1.807) is 0 Å². The van der Waals surface area contributed by atoms with Gasteiger partial charge in [-0.05, 0) is 25.3 Å². The van der Waals surface area contributed by atoms with Crippen LogP contribution in [0.1, 0.15) is 24.3 Å². The maximum atomic E-state index is 12.6. The number of benzene rings is 2. The summed E-state index contributed by atoms with van der Waals surface area (Å²) >= 11 is 5.81. The number of amides is 2. The zero-order chi connectivity index (χ0) is 26.3. The number of nitrogen functional groups attached to an aromatic ring is 2.